The maximum Gasteiger partial charge on any atom is 1.00 e. The molecule has 2 heteroatoms. The molecule has 0 radical (unpaired) electrons. The van der Waals surface area contributed by atoms with Crippen LogP contribution in [0.2, 0.25) is 0 Å². The van der Waals surface area contributed by atoms with Gasteiger partial charge in [-0.1, -0.05) is 0 Å². The Kier molecular flexibility index (Phi) is 1350. The van der Waals surface area contributed by atoms with Crippen molar-refractivity contribution in [1.82, 2.24) is 0 Å². The molecule has 28 valence electrons. The Morgan fingerprint density at radius 2 is 1.00 bits per heavy atom. The van der Waals surface area contributed by atoms with E-state index in [0.29, 0.717) is 0 Å². The molecule has 0 aliphatic carbocycles. The van der Waals surface area contributed by atoms with Gasteiger partial charge in [-0.15, -0.1) is 12.8 Å². The molecule has 0 spiro atoms. The molecular weight excluding hydrogens is 146 g/mol. The van der Waals surface area contributed by atoms with Gasteiger partial charge in [-0.3, -0.25) is 0 Å². The first-order valence-corrected chi connectivity index (χ1v) is 0.622. The van der Waals surface area contributed by atoms with Crippen LogP contribution in [0.3, 0.4) is 0 Å². The van der Waals surface area contributed by atoms with E-state index in [0.717, 1.165) is 0 Å². The molecule has 0 N–H and O–H groups in total. The maximum atomic E-state index is 5.25. The summed E-state index contributed by atoms with van der Waals surface area (Å²) in [6, 6.07) is 0. The second kappa shape index (κ2) is 270. The van der Waals surface area contributed by atoms with Gasteiger partial charge in [-0.05, 0) is 0 Å². The van der Waals surface area contributed by atoms with Crippen LogP contribution < -0.4 is 29.6 Å². The molecule has 0 aromatic heterocycles. The van der Waals surface area contributed by atoms with E-state index in [2.05, 4.69) is 19.3 Å². The van der Waals surface area contributed by atoms with Gasteiger partial charge in [0.2, 0.25) is 0 Å². The first-order valence-electron chi connectivity index (χ1n) is 0.622. The summed E-state index contributed by atoms with van der Waals surface area (Å²) >= 11 is 0. The summed E-state index contributed by atoms with van der Waals surface area (Å²) in [6.45, 7) is 0. The predicted molar refractivity (Wildman–Crippen MR) is 28.0 cm³/mol. The minimum absolute atomic E-state index is 0. The molecule has 0 rings (SSSR count). The predicted octanol–water partition coefficient (Wildman–Crippen LogP) is -3.72. The molecule has 0 heterocycles. The Morgan fingerprint density at radius 1 is 1.00 bits per heavy atom. The van der Waals surface area contributed by atoms with Crippen LogP contribution >= 0.6 is 0 Å². The molecule has 0 saturated heterocycles. The smallest absolute Gasteiger partial charge is 0.697 e. The molecule has 0 amide bonds. The normalized spacial score (nSPS) is 0.667. The topological polar surface area (TPSA) is 0 Å². The third-order valence-electron chi connectivity index (χ3n) is 0. The minimum atomic E-state index is 0. The van der Waals surface area contributed by atoms with Gasteiger partial charge in [0.1, 0.15) is 0 Å². The van der Waals surface area contributed by atoms with Gasteiger partial charge in [0.15, 0.2) is 0 Å². The standard InChI is InChI=1S/C2H2.C2H.AsH3.Na/c2*1-2;;/h1-2H;1H;1H3;/q;-1;;+1. The van der Waals surface area contributed by atoms with Crippen LogP contribution in [0, 0.1) is 25.7 Å². The quantitative estimate of drug-likeness (QED) is 0.190. The molecule has 0 saturated carbocycles. The fourth-order valence-electron chi connectivity index (χ4n) is 0. The van der Waals surface area contributed by atoms with Crippen molar-refractivity contribution in [3.63, 3.8) is 0 Å². The number of rotatable bonds is 0. The van der Waals surface area contributed by atoms with E-state index in [9.17, 15) is 0 Å². The van der Waals surface area contributed by atoms with Crippen LogP contribution in [0.4, 0.5) is 0 Å². The Labute approximate surface area is 72.7 Å². The molecule has 0 nitrogen and oxygen atoms in total. The first-order chi connectivity index (χ1) is 2.00. The van der Waals surface area contributed by atoms with Crippen molar-refractivity contribution in [3.8, 4) is 19.3 Å². The third-order valence-corrected chi connectivity index (χ3v) is 0. The van der Waals surface area contributed by atoms with E-state index in [4.69, 9.17) is 6.42 Å². The van der Waals surface area contributed by atoms with Crippen molar-refractivity contribution in [3.05, 3.63) is 6.42 Å². The fourth-order valence-corrected chi connectivity index (χ4v) is 0. The van der Waals surface area contributed by atoms with Crippen LogP contribution in [0.15, 0.2) is 0 Å². The zero-order valence-electron chi connectivity index (χ0n) is 3.94. The average molecular weight is 152 g/mol. The Morgan fingerprint density at radius 3 is 1.00 bits per heavy atom. The molecule has 0 aliphatic rings. The summed E-state index contributed by atoms with van der Waals surface area (Å²) in [5.74, 6) is 0. The maximum absolute atomic E-state index is 5.25. The fraction of sp³-hybridized carbons (Fsp3) is 0. The van der Waals surface area contributed by atoms with Gasteiger partial charge in [0.05, 0.1) is 0 Å². The van der Waals surface area contributed by atoms with Crippen molar-refractivity contribution in [2.75, 3.05) is 0 Å². The number of terminal acetylenes is 2. The van der Waals surface area contributed by atoms with Crippen molar-refractivity contribution in [1.29, 1.82) is 0 Å². The van der Waals surface area contributed by atoms with Crippen LogP contribution in [-0.4, -0.2) is 18.0 Å². The van der Waals surface area contributed by atoms with Crippen LogP contribution in [0.5, 0.6) is 0 Å². The third kappa shape index (κ3) is 138. The van der Waals surface area contributed by atoms with Gasteiger partial charge < -0.3 is 12.8 Å². The van der Waals surface area contributed by atoms with Crippen molar-refractivity contribution < 1.29 is 29.6 Å². The zero-order chi connectivity index (χ0) is 4.00. The van der Waals surface area contributed by atoms with E-state index in [1.807, 2.05) is 0 Å². The monoisotopic (exact) mass is 152 g/mol. The van der Waals surface area contributed by atoms with Gasteiger partial charge in [0.25, 0.3) is 0 Å². The SMILES string of the molecule is C#C.[AsH3].[C-]#C.[Na+]. The molecule has 0 aromatic rings. The second-order valence-electron chi connectivity index (χ2n) is 0. The van der Waals surface area contributed by atoms with Crippen molar-refractivity contribution >= 4 is 18.0 Å². The van der Waals surface area contributed by atoms with Crippen molar-refractivity contribution in [2.45, 2.75) is 0 Å². The Balaban J connectivity index is -0.00000000500. The van der Waals surface area contributed by atoms with E-state index >= 15 is 0 Å². The summed E-state index contributed by atoms with van der Waals surface area (Å²) in [5.41, 5.74) is 0. The Bertz CT molecular complexity index is 23.0. The molecule has 0 bridgehead atoms. The summed E-state index contributed by atoms with van der Waals surface area (Å²) in [7, 11) is 0. The summed E-state index contributed by atoms with van der Waals surface area (Å²) in [6.07, 6.45) is 17.0. The van der Waals surface area contributed by atoms with Gasteiger partial charge in [0, 0.05) is 0 Å². The molecule has 0 aliphatic heterocycles. The number of hydrogen-bond acceptors (Lipinski definition) is 0. The van der Waals surface area contributed by atoms with Gasteiger partial charge in [-0.25, -0.2) is 0 Å². The summed E-state index contributed by atoms with van der Waals surface area (Å²) in [4.78, 5) is 0. The molecular formula is C4H6AsNa. The van der Waals surface area contributed by atoms with E-state index in [1.54, 1.807) is 0 Å². The second-order valence-corrected chi connectivity index (χ2v) is 0. The van der Waals surface area contributed by atoms with Crippen molar-refractivity contribution in [2.24, 2.45) is 0 Å². The van der Waals surface area contributed by atoms with E-state index in [-0.39, 0.29) is 47.5 Å². The Hall–Kier alpha value is 0.678. The van der Waals surface area contributed by atoms with Crippen LogP contribution in [-0.2, 0) is 0 Å². The summed E-state index contributed by atoms with van der Waals surface area (Å²) in [5, 5.41) is 0. The zero-order valence-corrected chi connectivity index (χ0v) is 8.91. The first kappa shape index (κ1) is 30.0. The van der Waals surface area contributed by atoms with E-state index < -0.39 is 0 Å². The van der Waals surface area contributed by atoms with Gasteiger partial charge >= 0.3 is 47.5 Å². The molecule has 6 heavy (non-hydrogen) atoms. The average Bonchev–Trinajstić information content (AvgIpc) is 1.50. The number of hydrogen-bond donors (Lipinski definition) is 0. The van der Waals surface area contributed by atoms with Crippen LogP contribution in [0.1, 0.15) is 0 Å². The minimum Gasteiger partial charge on any atom is -0.697 e. The molecule has 0 aromatic carbocycles. The molecule has 0 fully saturated rings. The van der Waals surface area contributed by atoms with Gasteiger partial charge in [-0.2, -0.15) is 0 Å². The van der Waals surface area contributed by atoms with E-state index in [1.165, 1.54) is 0 Å². The summed E-state index contributed by atoms with van der Waals surface area (Å²) < 4.78 is 0. The van der Waals surface area contributed by atoms with Crippen LogP contribution in [0.25, 0.3) is 0 Å². The molecule has 1 atom stereocenters. The molecule has 1 unspecified atom stereocenters. The largest absolute Gasteiger partial charge is 1.00 e.